The Hall–Kier alpha value is -4.07. The Bertz CT molecular complexity index is 1850. The second kappa shape index (κ2) is 12.6. The second-order valence-electron chi connectivity index (χ2n) is 11.5. The van der Waals surface area contributed by atoms with E-state index in [0.717, 1.165) is 50.3 Å². The average Bonchev–Trinajstić information content (AvgIpc) is 3.63. The first-order chi connectivity index (χ1) is 22.2. The molecule has 2 aliphatic heterocycles. The molecule has 0 N–H and O–H groups in total. The molecule has 0 unspecified atom stereocenters. The molecule has 0 spiro atoms. The van der Waals surface area contributed by atoms with Crippen LogP contribution in [0.5, 0.6) is 5.88 Å². The molecule has 240 valence electrons. The predicted octanol–water partition coefficient (Wildman–Crippen LogP) is 6.72. The summed E-state index contributed by atoms with van der Waals surface area (Å²) in [6, 6.07) is 15.3. The van der Waals surface area contributed by atoms with E-state index in [-0.39, 0.29) is 23.8 Å². The van der Waals surface area contributed by atoms with Crippen molar-refractivity contribution in [2.24, 2.45) is 0 Å². The van der Waals surface area contributed by atoms with Crippen LogP contribution in [0.15, 0.2) is 59.1 Å². The number of fused-ring (bicyclic) bond motifs is 1. The first kappa shape index (κ1) is 30.6. The average molecular weight is 657 g/mol. The molecule has 0 saturated carbocycles. The van der Waals surface area contributed by atoms with Gasteiger partial charge in [-0.1, -0.05) is 28.9 Å². The van der Waals surface area contributed by atoms with Crippen molar-refractivity contribution in [3.8, 4) is 17.3 Å². The first-order valence-electron chi connectivity index (χ1n) is 15.0. The Morgan fingerprint density at radius 2 is 1.80 bits per heavy atom. The maximum atomic E-state index is 14.3. The molecule has 1 atom stereocenters. The molecule has 2 fully saturated rings. The number of nitrogens with zero attached hydrogens (tertiary/aromatic N) is 6. The molecular weight excluding hydrogens is 628 g/mol. The minimum absolute atomic E-state index is 0.0208. The molecule has 14 heteroatoms. The molecule has 0 aliphatic carbocycles. The van der Waals surface area contributed by atoms with E-state index in [0.29, 0.717) is 52.8 Å². The molecule has 2 aromatic carbocycles. The Morgan fingerprint density at radius 1 is 0.978 bits per heavy atom. The number of likely N-dealkylation sites (tertiary alicyclic amines) is 1. The Morgan fingerprint density at radius 3 is 2.52 bits per heavy atom. The van der Waals surface area contributed by atoms with Crippen molar-refractivity contribution in [2.75, 3.05) is 19.7 Å². The predicted molar refractivity (Wildman–Crippen MR) is 160 cm³/mol. The van der Waals surface area contributed by atoms with E-state index in [4.69, 9.17) is 26.1 Å². The van der Waals surface area contributed by atoms with Crippen LogP contribution in [0.2, 0.25) is 5.02 Å². The second-order valence-corrected chi connectivity index (χ2v) is 12.0. The summed E-state index contributed by atoms with van der Waals surface area (Å²) in [5.74, 6) is -0.553. The van der Waals surface area contributed by atoms with E-state index in [9.17, 15) is 17.6 Å². The van der Waals surface area contributed by atoms with E-state index in [1.54, 1.807) is 24.3 Å². The van der Waals surface area contributed by atoms with Crippen molar-refractivity contribution in [1.82, 2.24) is 29.6 Å². The smallest absolute Gasteiger partial charge is 0.471 e. The number of hydrogen-bond acceptors (Lipinski definition) is 8. The molecule has 0 radical (unpaired) electrons. The van der Waals surface area contributed by atoms with Crippen LogP contribution in [0.3, 0.4) is 0 Å². The maximum Gasteiger partial charge on any atom is 0.471 e. The third-order valence-corrected chi connectivity index (χ3v) is 8.52. The van der Waals surface area contributed by atoms with Crippen LogP contribution in [-0.4, -0.2) is 61.5 Å². The molecule has 5 aromatic rings. The normalized spacial score (nSPS) is 17.8. The van der Waals surface area contributed by atoms with Gasteiger partial charge in [0.25, 0.3) is 0 Å². The van der Waals surface area contributed by atoms with Crippen molar-refractivity contribution >= 4 is 22.6 Å². The molecule has 0 bridgehead atoms. The number of halogens is 5. The van der Waals surface area contributed by atoms with Gasteiger partial charge in [0.1, 0.15) is 17.7 Å². The highest BCUT2D eigenvalue weighted by Gasteiger charge is 2.38. The lowest BCUT2D eigenvalue weighted by atomic mass is 10.1. The maximum absolute atomic E-state index is 14.3. The number of piperidine rings is 1. The molecule has 2 saturated heterocycles. The van der Waals surface area contributed by atoms with Gasteiger partial charge in [-0.25, -0.2) is 14.4 Å². The summed E-state index contributed by atoms with van der Waals surface area (Å²) in [5, 5.41) is 3.87. The fourth-order valence-corrected chi connectivity index (χ4v) is 5.93. The van der Waals surface area contributed by atoms with Gasteiger partial charge in [0.2, 0.25) is 11.7 Å². The molecular formula is C32H29ClF4N6O3. The fourth-order valence-electron chi connectivity index (χ4n) is 5.77. The van der Waals surface area contributed by atoms with Crippen LogP contribution in [0, 0.1) is 5.82 Å². The minimum Gasteiger partial charge on any atom is -0.474 e. The molecule has 7 rings (SSSR count). The fraction of sp³-hybridized carbons (Fsp3) is 0.375. The van der Waals surface area contributed by atoms with E-state index < -0.39 is 12.1 Å². The van der Waals surface area contributed by atoms with Crippen molar-refractivity contribution < 1.29 is 31.6 Å². The Balaban J connectivity index is 1.02. The number of benzene rings is 2. The first-order valence-corrected chi connectivity index (χ1v) is 15.4. The molecule has 2 aliphatic rings. The van der Waals surface area contributed by atoms with Gasteiger partial charge >= 0.3 is 12.1 Å². The van der Waals surface area contributed by atoms with Gasteiger partial charge in [0, 0.05) is 48.5 Å². The van der Waals surface area contributed by atoms with Gasteiger partial charge in [-0.2, -0.15) is 18.2 Å². The van der Waals surface area contributed by atoms with Crippen molar-refractivity contribution in [1.29, 1.82) is 0 Å². The molecule has 9 nitrogen and oxygen atoms in total. The summed E-state index contributed by atoms with van der Waals surface area (Å²) < 4.78 is 71.8. The zero-order valence-electron chi connectivity index (χ0n) is 24.5. The van der Waals surface area contributed by atoms with E-state index in [1.807, 2.05) is 24.3 Å². The minimum atomic E-state index is -4.72. The Kier molecular flexibility index (Phi) is 8.38. The number of ether oxygens (including phenoxy) is 2. The van der Waals surface area contributed by atoms with Gasteiger partial charge in [0.05, 0.1) is 30.2 Å². The summed E-state index contributed by atoms with van der Waals surface area (Å²) in [4.78, 5) is 15.3. The van der Waals surface area contributed by atoms with Crippen LogP contribution in [0.1, 0.15) is 42.2 Å². The Labute approximate surface area is 266 Å². The van der Waals surface area contributed by atoms with Gasteiger partial charge in [-0.05, 0) is 61.2 Å². The summed E-state index contributed by atoms with van der Waals surface area (Å²) in [6.45, 7) is 3.49. The van der Waals surface area contributed by atoms with E-state index in [1.165, 1.54) is 6.07 Å². The van der Waals surface area contributed by atoms with Gasteiger partial charge in [-0.3, -0.25) is 4.90 Å². The SMILES string of the molecule is Fc1cc(Cl)ccc1Cc1cccc(OC2CCN(Cc3nc4cc(-c5noc(C(F)(F)F)n5)ccc4n3C[C@@H]3CCO3)CC2)n1. The summed E-state index contributed by atoms with van der Waals surface area (Å²) >= 11 is 5.88. The van der Waals surface area contributed by atoms with Crippen molar-refractivity contribution in [3.63, 3.8) is 0 Å². The zero-order chi connectivity index (χ0) is 31.8. The number of aromatic nitrogens is 5. The molecule has 5 heterocycles. The monoisotopic (exact) mass is 656 g/mol. The molecule has 3 aromatic heterocycles. The van der Waals surface area contributed by atoms with Crippen LogP contribution < -0.4 is 4.74 Å². The topological polar surface area (TPSA) is 91.3 Å². The lowest BCUT2D eigenvalue weighted by Crippen LogP contribution is -2.39. The van der Waals surface area contributed by atoms with Crippen molar-refractivity contribution in [2.45, 2.75) is 57.2 Å². The largest absolute Gasteiger partial charge is 0.474 e. The highest BCUT2D eigenvalue weighted by molar-refractivity contribution is 6.30. The van der Waals surface area contributed by atoms with Crippen LogP contribution in [-0.2, 0) is 30.4 Å². The van der Waals surface area contributed by atoms with Crippen LogP contribution in [0.25, 0.3) is 22.4 Å². The third-order valence-electron chi connectivity index (χ3n) is 8.29. The van der Waals surface area contributed by atoms with Gasteiger partial charge in [0.15, 0.2) is 0 Å². The number of rotatable bonds is 9. The lowest BCUT2D eigenvalue weighted by Gasteiger charge is -2.32. The highest BCUT2D eigenvalue weighted by atomic mass is 35.5. The number of alkyl halides is 3. The van der Waals surface area contributed by atoms with Gasteiger partial charge < -0.3 is 18.6 Å². The quantitative estimate of drug-likeness (QED) is 0.162. The van der Waals surface area contributed by atoms with E-state index >= 15 is 0 Å². The zero-order valence-corrected chi connectivity index (χ0v) is 25.3. The summed E-state index contributed by atoms with van der Waals surface area (Å²) in [6.07, 6.45) is -1.80. The lowest BCUT2D eigenvalue weighted by molar-refractivity contribution is -0.159. The molecule has 0 amide bonds. The highest BCUT2D eigenvalue weighted by Crippen LogP contribution is 2.31. The van der Waals surface area contributed by atoms with E-state index in [2.05, 4.69) is 29.1 Å². The number of imidazole rings is 1. The van der Waals surface area contributed by atoms with Gasteiger partial charge in [-0.15, -0.1) is 0 Å². The van der Waals surface area contributed by atoms with Crippen molar-refractivity contribution in [3.05, 3.63) is 88.4 Å². The number of hydrogen-bond donors (Lipinski definition) is 0. The standard InChI is InChI=1S/C32H29ClF4N6O3/c33-21-6-4-19(25(34)16-21)14-22-2-1-3-29(38-22)45-23-8-11-42(12-9-23)18-28-39-26-15-20(30-40-31(46-41-30)32(35,36)37)5-7-27(26)43(28)17-24-10-13-44-24/h1-7,15-16,23-24H,8-14,17-18H2/t24-/m0/s1. The third kappa shape index (κ3) is 6.72. The van der Waals surface area contributed by atoms with Crippen LogP contribution in [0.4, 0.5) is 17.6 Å². The summed E-state index contributed by atoms with van der Waals surface area (Å²) in [5.41, 5.74) is 3.09. The van der Waals surface area contributed by atoms with Crippen LogP contribution >= 0.6 is 11.6 Å². The number of pyridine rings is 1. The summed E-state index contributed by atoms with van der Waals surface area (Å²) in [7, 11) is 0. The molecule has 46 heavy (non-hydrogen) atoms.